The van der Waals surface area contributed by atoms with E-state index in [0.29, 0.717) is 25.4 Å². The molecule has 0 aliphatic rings. The highest BCUT2D eigenvalue weighted by atomic mass is 32.1. The van der Waals surface area contributed by atoms with Crippen LogP contribution in [0.2, 0.25) is 0 Å². The Morgan fingerprint density at radius 3 is 2.55 bits per heavy atom. The van der Waals surface area contributed by atoms with Gasteiger partial charge in [-0.05, 0) is 59.5 Å². The first kappa shape index (κ1) is 17.2. The summed E-state index contributed by atoms with van der Waals surface area (Å²) in [5.41, 5.74) is 8.36. The van der Waals surface area contributed by atoms with Crippen molar-refractivity contribution in [3.8, 4) is 0 Å². The Balaban J connectivity index is 2.36. The summed E-state index contributed by atoms with van der Waals surface area (Å²) in [7, 11) is 0. The molecule has 1 heterocycles. The summed E-state index contributed by atoms with van der Waals surface area (Å²) in [5, 5.41) is 7.22. The molecule has 3 N–H and O–H groups in total. The predicted octanol–water partition coefficient (Wildman–Crippen LogP) is 3.46. The van der Waals surface area contributed by atoms with Gasteiger partial charge in [0.1, 0.15) is 0 Å². The molecule has 0 aliphatic carbocycles. The molecule has 0 saturated heterocycles. The molecule has 20 heavy (non-hydrogen) atoms. The minimum atomic E-state index is 0.141. The molecule has 1 aromatic heterocycles. The van der Waals surface area contributed by atoms with Crippen molar-refractivity contribution in [2.75, 3.05) is 6.54 Å². The van der Waals surface area contributed by atoms with E-state index in [1.807, 2.05) is 0 Å². The quantitative estimate of drug-likeness (QED) is 0.809. The second-order valence-electron chi connectivity index (χ2n) is 6.54. The highest BCUT2D eigenvalue weighted by molar-refractivity contribution is 7.08. The Morgan fingerprint density at radius 1 is 1.35 bits per heavy atom. The summed E-state index contributed by atoms with van der Waals surface area (Å²) in [6, 6.07) is 0. The summed E-state index contributed by atoms with van der Waals surface area (Å²) in [6.45, 7) is 10.1. The summed E-state index contributed by atoms with van der Waals surface area (Å²) in [6.07, 6.45) is 2.49. The molecule has 0 saturated carbocycles. The Kier molecular flexibility index (Phi) is 6.69. The topological polar surface area (TPSA) is 55.1 Å². The summed E-state index contributed by atoms with van der Waals surface area (Å²) >= 11 is 1.68. The third kappa shape index (κ3) is 5.63. The smallest absolute Gasteiger partial charge is 0.220 e. The van der Waals surface area contributed by atoms with Crippen molar-refractivity contribution < 1.29 is 4.79 Å². The lowest BCUT2D eigenvalue weighted by Gasteiger charge is -2.30. The molecule has 0 bridgehead atoms. The van der Waals surface area contributed by atoms with E-state index in [9.17, 15) is 4.79 Å². The minimum absolute atomic E-state index is 0.141. The Labute approximate surface area is 127 Å². The van der Waals surface area contributed by atoms with Gasteiger partial charge in [-0.3, -0.25) is 4.79 Å². The molecule has 1 amide bonds. The zero-order valence-electron chi connectivity index (χ0n) is 13.2. The molecule has 1 unspecified atom stereocenters. The maximum atomic E-state index is 11.9. The fraction of sp³-hybridized carbons (Fsp3) is 0.688. The van der Waals surface area contributed by atoms with Gasteiger partial charge in [0.25, 0.3) is 0 Å². The molecule has 0 aliphatic heterocycles. The molecule has 3 nitrogen and oxygen atoms in total. The van der Waals surface area contributed by atoms with E-state index < -0.39 is 0 Å². The van der Waals surface area contributed by atoms with Gasteiger partial charge >= 0.3 is 0 Å². The molecule has 0 aromatic carbocycles. The average Bonchev–Trinajstić information content (AvgIpc) is 2.76. The van der Waals surface area contributed by atoms with Crippen LogP contribution in [0.15, 0.2) is 10.8 Å². The van der Waals surface area contributed by atoms with Crippen LogP contribution in [0.5, 0.6) is 0 Å². The minimum Gasteiger partial charge on any atom is -0.352 e. The number of thiophene rings is 1. The van der Waals surface area contributed by atoms with Crippen molar-refractivity contribution in [3.63, 3.8) is 0 Å². The van der Waals surface area contributed by atoms with Crippen LogP contribution in [0.4, 0.5) is 0 Å². The monoisotopic (exact) mass is 296 g/mol. The first-order valence-electron chi connectivity index (χ1n) is 7.33. The largest absolute Gasteiger partial charge is 0.352 e. The lowest BCUT2D eigenvalue weighted by atomic mass is 9.76. The van der Waals surface area contributed by atoms with E-state index in [1.165, 1.54) is 11.1 Å². The van der Waals surface area contributed by atoms with E-state index in [1.54, 1.807) is 11.3 Å². The Hall–Kier alpha value is -0.870. The lowest BCUT2D eigenvalue weighted by Crippen LogP contribution is -2.27. The molecule has 1 aromatic rings. The lowest BCUT2D eigenvalue weighted by molar-refractivity contribution is -0.121. The molecule has 1 rings (SSSR count). The van der Waals surface area contributed by atoms with Crippen molar-refractivity contribution in [2.45, 2.75) is 53.5 Å². The molecule has 0 radical (unpaired) electrons. The zero-order chi connectivity index (χ0) is 15.2. The van der Waals surface area contributed by atoms with Gasteiger partial charge in [-0.1, -0.05) is 20.8 Å². The number of aryl methyl sites for hydroxylation is 1. The normalized spacial score (nSPS) is 13.2. The van der Waals surface area contributed by atoms with Gasteiger partial charge < -0.3 is 11.1 Å². The number of rotatable bonds is 7. The maximum Gasteiger partial charge on any atom is 0.220 e. The van der Waals surface area contributed by atoms with E-state index in [2.05, 4.69) is 43.8 Å². The molecule has 1 atom stereocenters. The summed E-state index contributed by atoms with van der Waals surface area (Å²) < 4.78 is 0. The maximum absolute atomic E-state index is 11.9. The summed E-state index contributed by atoms with van der Waals surface area (Å²) in [5.74, 6) is 0.642. The number of amides is 1. The third-order valence-electron chi connectivity index (χ3n) is 3.90. The number of nitrogens with two attached hydrogens (primary N) is 1. The first-order chi connectivity index (χ1) is 9.34. The second-order valence-corrected chi connectivity index (χ2v) is 7.28. The van der Waals surface area contributed by atoms with E-state index in [-0.39, 0.29) is 11.3 Å². The van der Waals surface area contributed by atoms with Gasteiger partial charge in [-0.25, -0.2) is 0 Å². The van der Waals surface area contributed by atoms with Crippen LogP contribution in [0.1, 0.15) is 51.2 Å². The van der Waals surface area contributed by atoms with E-state index in [4.69, 9.17) is 5.73 Å². The summed E-state index contributed by atoms with van der Waals surface area (Å²) in [4.78, 5) is 11.9. The second kappa shape index (κ2) is 7.79. The Morgan fingerprint density at radius 2 is 2.05 bits per heavy atom. The van der Waals surface area contributed by atoms with Gasteiger partial charge in [-0.15, -0.1) is 0 Å². The van der Waals surface area contributed by atoms with E-state index >= 15 is 0 Å². The average molecular weight is 296 g/mol. The van der Waals surface area contributed by atoms with Crippen molar-refractivity contribution in [3.05, 3.63) is 21.9 Å². The predicted molar refractivity (Wildman–Crippen MR) is 86.8 cm³/mol. The first-order valence-corrected chi connectivity index (χ1v) is 8.27. The van der Waals surface area contributed by atoms with Crippen LogP contribution in [0.3, 0.4) is 0 Å². The van der Waals surface area contributed by atoms with Crippen LogP contribution in [0.25, 0.3) is 0 Å². The van der Waals surface area contributed by atoms with Crippen LogP contribution in [0, 0.1) is 18.3 Å². The fourth-order valence-corrected chi connectivity index (χ4v) is 3.22. The van der Waals surface area contributed by atoms with Crippen molar-refractivity contribution >= 4 is 17.2 Å². The van der Waals surface area contributed by atoms with Crippen LogP contribution in [-0.2, 0) is 11.3 Å². The molecular formula is C16H28N2OS. The zero-order valence-corrected chi connectivity index (χ0v) is 14.0. The number of carbonyl (C=O) groups excluding carboxylic acids is 1. The molecule has 114 valence electrons. The number of carbonyl (C=O) groups is 1. The highest BCUT2D eigenvalue weighted by Crippen LogP contribution is 2.32. The van der Waals surface area contributed by atoms with Gasteiger partial charge in [0, 0.05) is 13.0 Å². The van der Waals surface area contributed by atoms with Crippen LogP contribution >= 0.6 is 11.3 Å². The SMILES string of the molecule is Cc1cscc1CNC(=O)CCC(CCN)C(C)(C)C. The number of hydrogen-bond donors (Lipinski definition) is 2. The fourth-order valence-electron chi connectivity index (χ4n) is 2.37. The molecule has 0 fully saturated rings. The van der Waals surface area contributed by atoms with Crippen LogP contribution < -0.4 is 11.1 Å². The van der Waals surface area contributed by atoms with Gasteiger partial charge in [0.05, 0.1) is 0 Å². The van der Waals surface area contributed by atoms with Crippen molar-refractivity contribution in [2.24, 2.45) is 17.1 Å². The number of hydrogen-bond acceptors (Lipinski definition) is 3. The number of nitrogens with one attached hydrogen (secondary N) is 1. The standard InChI is InChI=1S/C16H28N2OS/c1-12-10-20-11-13(12)9-18-15(19)6-5-14(7-8-17)16(2,3)4/h10-11,14H,5-9,17H2,1-4H3,(H,18,19). The molecule has 0 spiro atoms. The van der Waals surface area contributed by atoms with Crippen molar-refractivity contribution in [1.29, 1.82) is 0 Å². The highest BCUT2D eigenvalue weighted by Gasteiger charge is 2.24. The van der Waals surface area contributed by atoms with Crippen molar-refractivity contribution in [1.82, 2.24) is 5.32 Å². The van der Waals surface area contributed by atoms with E-state index in [0.717, 1.165) is 12.8 Å². The third-order valence-corrected chi connectivity index (χ3v) is 4.81. The van der Waals surface area contributed by atoms with Gasteiger partial charge in [0.2, 0.25) is 5.91 Å². The Bertz CT molecular complexity index is 420. The van der Waals surface area contributed by atoms with Gasteiger partial charge in [-0.2, -0.15) is 11.3 Å². The van der Waals surface area contributed by atoms with Gasteiger partial charge in [0.15, 0.2) is 0 Å². The molecular weight excluding hydrogens is 268 g/mol. The van der Waals surface area contributed by atoms with Crippen LogP contribution in [-0.4, -0.2) is 12.5 Å². The molecule has 4 heteroatoms.